The van der Waals surface area contributed by atoms with Crippen LogP contribution in [0.25, 0.3) is 22.1 Å². The molecule has 4 aliphatic heterocycles. The van der Waals surface area contributed by atoms with Crippen molar-refractivity contribution in [3.63, 3.8) is 0 Å². The van der Waals surface area contributed by atoms with Gasteiger partial charge < -0.3 is 44.7 Å². The van der Waals surface area contributed by atoms with E-state index in [0.29, 0.717) is 44.8 Å². The number of ether oxygens (including phenoxy) is 1. The smallest absolute Gasteiger partial charge is 0.407 e. The average Bonchev–Trinajstić information content (AvgIpc) is 4.27. The maximum atomic E-state index is 16.2. The van der Waals surface area contributed by atoms with E-state index in [1.807, 2.05) is 62.9 Å². The lowest BCUT2D eigenvalue weighted by atomic mass is 9.86. The van der Waals surface area contributed by atoms with Gasteiger partial charge in [0, 0.05) is 57.4 Å². The van der Waals surface area contributed by atoms with E-state index < -0.39 is 29.9 Å². The second-order valence-corrected chi connectivity index (χ2v) is 21.5. The standard InChI is InChI=1S/C57H69FN10O6/c1-34(2)49(63-55(71)74-6)53(69)66-28-10-14-47(66)51-59-41-22-16-36(32-43(41)61-51)45-24-25-46(68(45)40-20-18-39(19-21-40)65-30-26-57(58,27-31-65)38-12-8-7-9-13-38)37-17-23-42-44(33-37)62-52(60-42)48-15-11-29-67(48)54(70)50(35(3)4)64(5)56(72)73/h7-9,12-13,16-23,32-35,45-50H,10-11,14-15,24-31H2,1-6H3,(H,59,61)(H,60,62)(H,63,71)(H,72,73)/t45-,46-,47+,48+,49+,50+/m1/s1. The Bertz CT molecular complexity index is 3010. The van der Waals surface area contributed by atoms with Crippen molar-refractivity contribution in [1.82, 2.24) is 40.0 Å². The largest absolute Gasteiger partial charge is 0.465 e. The van der Waals surface area contributed by atoms with E-state index in [9.17, 15) is 24.3 Å². The van der Waals surface area contributed by atoms with Crippen LogP contribution in [0.3, 0.4) is 0 Å². The summed E-state index contributed by atoms with van der Waals surface area (Å²) in [6, 6.07) is 28.9. The first-order valence-electron chi connectivity index (χ1n) is 26.4. The molecule has 4 aliphatic rings. The second kappa shape index (κ2) is 20.6. The minimum Gasteiger partial charge on any atom is -0.465 e. The molecule has 74 heavy (non-hydrogen) atoms. The number of amides is 4. The zero-order chi connectivity index (χ0) is 52.0. The molecule has 4 N–H and O–H groups in total. The van der Waals surface area contributed by atoms with Gasteiger partial charge in [-0.05, 0) is 116 Å². The van der Waals surface area contributed by atoms with Gasteiger partial charge in [-0.1, -0.05) is 70.2 Å². The number of anilines is 2. The van der Waals surface area contributed by atoms with Crippen molar-refractivity contribution < 1.29 is 33.4 Å². The number of hydrogen-bond acceptors (Lipinski definition) is 9. The Morgan fingerprint density at radius 3 is 1.73 bits per heavy atom. The fraction of sp³-hybridized carbons (Fsp3) is 0.474. The molecule has 6 aromatic rings. The highest BCUT2D eigenvalue weighted by Gasteiger charge is 2.42. The quantitative estimate of drug-likeness (QED) is 0.0869. The molecule has 2 aromatic heterocycles. The number of fused-ring (bicyclic) bond motifs is 2. The molecule has 4 aromatic carbocycles. The number of carbonyl (C=O) groups excluding carboxylic acids is 3. The highest BCUT2D eigenvalue weighted by atomic mass is 19.1. The van der Waals surface area contributed by atoms with Crippen LogP contribution >= 0.6 is 0 Å². The van der Waals surface area contributed by atoms with Crippen LogP contribution in [-0.4, -0.2) is 116 Å². The van der Waals surface area contributed by atoms with Crippen LogP contribution in [0.5, 0.6) is 0 Å². The summed E-state index contributed by atoms with van der Waals surface area (Å²) in [4.78, 5) is 79.1. The van der Waals surface area contributed by atoms with Gasteiger partial charge in [0.05, 0.1) is 53.3 Å². The molecule has 0 spiro atoms. The van der Waals surface area contributed by atoms with E-state index in [1.54, 1.807) is 4.90 Å². The molecular formula is C57H69FN10O6. The molecule has 4 fully saturated rings. The first-order chi connectivity index (χ1) is 35.6. The number of nitrogens with zero attached hydrogens (tertiary/aromatic N) is 7. The molecule has 17 heteroatoms. The van der Waals surface area contributed by atoms with Gasteiger partial charge in [-0.2, -0.15) is 0 Å². The van der Waals surface area contributed by atoms with E-state index in [1.165, 1.54) is 14.2 Å². The van der Waals surface area contributed by atoms with E-state index >= 15 is 4.39 Å². The molecular weight excluding hydrogens is 940 g/mol. The summed E-state index contributed by atoms with van der Waals surface area (Å²) >= 11 is 0. The summed E-state index contributed by atoms with van der Waals surface area (Å²) in [5, 5.41) is 12.6. The fourth-order valence-corrected chi connectivity index (χ4v) is 12.3. The Hall–Kier alpha value is -7.17. The number of benzene rings is 4. The van der Waals surface area contributed by atoms with Crippen molar-refractivity contribution in [1.29, 1.82) is 0 Å². The molecule has 6 atom stereocenters. The maximum absolute atomic E-state index is 16.2. The van der Waals surface area contributed by atoms with Crippen LogP contribution in [0.1, 0.15) is 132 Å². The number of carbonyl (C=O) groups is 4. The molecule has 4 saturated heterocycles. The van der Waals surface area contributed by atoms with Gasteiger partial charge >= 0.3 is 12.2 Å². The molecule has 0 bridgehead atoms. The van der Waals surface area contributed by atoms with Gasteiger partial charge in [-0.15, -0.1) is 0 Å². The lowest BCUT2D eigenvalue weighted by molar-refractivity contribution is -0.138. The Balaban J connectivity index is 0.946. The Morgan fingerprint density at radius 1 is 0.703 bits per heavy atom. The van der Waals surface area contributed by atoms with Crippen LogP contribution in [0.15, 0.2) is 91.0 Å². The van der Waals surface area contributed by atoms with E-state index in [4.69, 9.17) is 14.7 Å². The summed E-state index contributed by atoms with van der Waals surface area (Å²) in [6.07, 6.45) is 3.87. The third-order valence-electron chi connectivity index (χ3n) is 16.3. The van der Waals surface area contributed by atoms with E-state index in [0.717, 1.165) is 99.4 Å². The third kappa shape index (κ3) is 9.61. The number of likely N-dealkylation sites (tertiary alicyclic amines) is 2. The minimum atomic E-state index is -1.35. The van der Waals surface area contributed by atoms with Crippen LogP contribution in [0.2, 0.25) is 0 Å². The number of aromatic amines is 2. The highest BCUT2D eigenvalue weighted by molar-refractivity contribution is 5.87. The molecule has 0 unspecified atom stereocenters. The fourth-order valence-electron chi connectivity index (χ4n) is 12.3. The van der Waals surface area contributed by atoms with Crippen molar-refractivity contribution in [2.75, 3.05) is 50.1 Å². The zero-order valence-corrected chi connectivity index (χ0v) is 43.3. The molecule has 0 radical (unpaired) electrons. The monoisotopic (exact) mass is 1010 g/mol. The first kappa shape index (κ1) is 50.4. The van der Waals surface area contributed by atoms with Crippen LogP contribution in [-0.2, 0) is 20.0 Å². The number of hydrogen-bond donors (Lipinski definition) is 4. The van der Waals surface area contributed by atoms with E-state index in [2.05, 4.69) is 85.7 Å². The second-order valence-electron chi connectivity index (χ2n) is 21.5. The number of carboxylic acid groups (broad SMARTS) is 1. The number of nitrogens with one attached hydrogen (secondary N) is 3. The number of halogens is 1. The van der Waals surface area contributed by atoms with E-state index in [-0.39, 0.29) is 47.8 Å². The Labute approximate surface area is 431 Å². The van der Waals surface area contributed by atoms with Gasteiger partial charge in [0.1, 0.15) is 29.4 Å². The summed E-state index contributed by atoms with van der Waals surface area (Å²) in [6.45, 7) is 9.87. The molecule has 390 valence electrons. The summed E-state index contributed by atoms with van der Waals surface area (Å²) < 4.78 is 21.1. The van der Waals surface area contributed by atoms with Crippen molar-refractivity contribution in [3.05, 3.63) is 119 Å². The summed E-state index contributed by atoms with van der Waals surface area (Å²) in [7, 11) is 2.75. The van der Waals surface area contributed by atoms with Crippen molar-refractivity contribution in [2.45, 2.75) is 121 Å². The number of alkyl halides is 1. The maximum Gasteiger partial charge on any atom is 0.407 e. The Kier molecular flexibility index (Phi) is 14.0. The number of imidazole rings is 2. The number of H-pyrrole nitrogens is 2. The molecule has 10 rings (SSSR count). The van der Waals surface area contributed by atoms with Crippen LogP contribution < -0.4 is 15.1 Å². The van der Waals surface area contributed by atoms with Gasteiger partial charge in [-0.3, -0.25) is 14.5 Å². The van der Waals surface area contributed by atoms with Gasteiger partial charge in [0.2, 0.25) is 11.8 Å². The predicted molar refractivity (Wildman–Crippen MR) is 282 cm³/mol. The molecule has 0 aliphatic carbocycles. The zero-order valence-electron chi connectivity index (χ0n) is 43.3. The Morgan fingerprint density at radius 2 is 1.23 bits per heavy atom. The molecule has 4 amide bonds. The topological polar surface area (TPSA) is 183 Å². The average molecular weight is 1010 g/mol. The lowest BCUT2D eigenvalue weighted by Crippen LogP contribution is -2.51. The minimum absolute atomic E-state index is 0.0142. The lowest BCUT2D eigenvalue weighted by Gasteiger charge is -2.38. The highest BCUT2D eigenvalue weighted by Crippen LogP contribution is 2.49. The first-order valence-corrected chi connectivity index (χ1v) is 26.4. The van der Waals surface area contributed by atoms with Crippen molar-refractivity contribution in [3.8, 4) is 0 Å². The number of methoxy groups -OCH3 is 1. The molecule has 16 nitrogen and oxygen atoms in total. The van der Waals surface area contributed by atoms with Gasteiger partial charge in [-0.25, -0.2) is 23.9 Å². The number of alkyl carbamates (subject to hydrolysis) is 1. The van der Waals surface area contributed by atoms with Crippen LogP contribution in [0.4, 0.5) is 25.4 Å². The SMILES string of the molecule is COC(=O)N[C@H](C(=O)N1CCC[C@H]1c1nc2ccc([C@H]3CC[C@H](c4ccc5nc([C@@H]6CCCN6C(=O)[C@H](C(C)C)N(C)C(=O)O)[nH]c5c4)N3c3ccc(N4CCC(F)(c5ccccc5)CC4)cc3)cc2[nH]1)C(C)C. The predicted octanol–water partition coefficient (Wildman–Crippen LogP) is 10.3. The summed E-state index contributed by atoms with van der Waals surface area (Å²) in [5.74, 6) is 0.698. The normalized spacial score (nSPS) is 21.7. The molecule has 6 heterocycles. The van der Waals surface area contributed by atoms with Crippen molar-refractivity contribution in [2.24, 2.45) is 11.8 Å². The number of rotatable bonds is 13. The summed E-state index contributed by atoms with van der Waals surface area (Å²) in [5.41, 5.74) is 7.12. The number of aromatic nitrogens is 4. The third-order valence-corrected chi connectivity index (χ3v) is 16.3. The van der Waals surface area contributed by atoms with Crippen molar-refractivity contribution >= 4 is 57.4 Å². The van der Waals surface area contributed by atoms with Gasteiger partial charge in [0.15, 0.2) is 0 Å². The number of piperidine rings is 1. The molecule has 0 saturated carbocycles. The number of likely N-dealkylation sites (N-methyl/N-ethyl adjacent to an activating group) is 1. The van der Waals surface area contributed by atoms with Gasteiger partial charge in [0.25, 0.3) is 0 Å². The van der Waals surface area contributed by atoms with Crippen LogP contribution in [0, 0.1) is 11.8 Å².